The molecule has 0 saturated heterocycles. The number of aromatic nitrogens is 2. The molecule has 3 aromatic rings. The zero-order valence-electron chi connectivity index (χ0n) is 15.0. The number of ether oxygens (including phenoxy) is 1. The van der Waals surface area contributed by atoms with Gasteiger partial charge in [0.25, 0.3) is 5.91 Å². The van der Waals surface area contributed by atoms with Crippen LogP contribution < -0.4 is 10.2 Å². The van der Waals surface area contributed by atoms with Gasteiger partial charge in [0.15, 0.2) is 0 Å². The molecular formula is C20H19ClN4O2. The summed E-state index contributed by atoms with van der Waals surface area (Å²) in [7, 11) is 0. The van der Waals surface area contributed by atoms with E-state index in [1.54, 1.807) is 18.3 Å². The predicted octanol–water partition coefficient (Wildman–Crippen LogP) is 4.20. The maximum Gasteiger partial charge on any atom is 0.289 e. The van der Waals surface area contributed by atoms with Crippen LogP contribution >= 0.6 is 11.6 Å². The van der Waals surface area contributed by atoms with E-state index >= 15 is 0 Å². The molecule has 1 aromatic heterocycles. The van der Waals surface area contributed by atoms with Crippen LogP contribution in [0.2, 0.25) is 5.02 Å². The summed E-state index contributed by atoms with van der Waals surface area (Å²) in [5.41, 5.74) is 6.06. The number of hydrogen-bond acceptors (Lipinski definition) is 4. The van der Waals surface area contributed by atoms with Crippen LogP contribution in [0, 0.1) is 6.92 Å². The van der Waals surface area contributed by atoms with Gasteiger partial charge in [0.1, 0.15) is 11.4 Å². The second-order valence-electron chi connectivity index (χ2n) is 5.78. The number of hydrazone groups is 1. The molecule has 0 saturated carbocycles. The number of nitrogens with zero attached hydrogens (tertiary/aromatic N) is 2. The van der Waals surface area contributed by atoms with E-state index in [2.05, 4.69) is 20.7 Å². The van der Waals surface area contributed by atoms with E-state index < -0.39 is 0 Å². The summed E-state index contributed by atoms with van der Waals surface area (Å²) in [5, 5.41) is 11.7. The molecule has 3 rings (SSSR count). The Kier molecular flexibility index (Phi) is 5.88. The number of H-pyrrole nitrogens is 1. The molecule has 0 fully saturated rings. The van der Waals surface area contributed by atoms with Gasteiger partial charge in [-0.3, -0.25) is 9.89 Å². The number of halogens is 1. The summed E-state index contributed by atoms with van der Waals surface area (Å²) in [6, 6.07) is 14.7. The number of benzene rings is 2. The van der Waals surface area contributed by atoms with Crippen LogP contribution in [0.1, 0.15) is 28.5 Å². The molecular weight excluding hydrogens is 364 g/mol. The molecule has 27 heavy (non-hydrogen) atoms. The highest BCUT2D eigenvalue weighted by Crippen LogP contribution is 2.25. The lowest BCUT2D eigenvalue weighted by molar-refractivity contribution is 0.0949. The first-order valence-electron chi connectivity index (χ1n) is 8.45. The number of aromatic amines is 1. The molecule has 0 atom stereocenters. The molecule has 1 amide bonds. The Morgan fingerprint density at radius 2 is 1.93 bits per heavy atom. The predicted molar refractivity (Wildman–Crippen MR) is 106 cm³/mol. The van der Waals surface area contributed by atoms with E-state index in [1.807, 2.05) is 50.2 Å². The minimum absolute atomic E-state index is 0.359. The van der Waals surface area contributed by atoms with Gasteiger partial charge < -0.3 is 4.74 Å². The average Bonchev–Trinajstić information content (AvgIpc) is 3.06. The molecule has 0 radical (unpaired) electrons. The molecule has 0 unspecified atom stereocenters. The first-order valence-corrected chi connectivity index (χ1v) is 8.83. The Bertz CT molecular complexity index is 947. The van der Waals surface area contributed by atoms with Crippen molar-refractivity contribution in [1.29, 1.82) is 0 Å². The number of carbonyl (C=O) groups is 1. The number of nitrogens with one attached hydrogen (secondary N) is 2. The molecule has 2 N–H and O–H groups in total. The minimum Gasteiger partial charge on any atom is -0.494 e. The largest absolute Gasteiger partial charge is 0.494 e. The maximum absolute atomic E-state index is 12.4. The minimum atomic E-state index is -0.359. The van der Waals surface area contributed by atoms with Crippen molar-refractivity contribution >= 4 is 23.7 Å². The molecule has 138 valence electrons. The van der Waals surface area contributed by atoms with E-state index in [-0.39, 0.29) is 5.91 Å². The van der Waals surface area contributed by atoms with Gasteiger partial charge in [-0.1, -0.05) is 23.7 Å². The number of amides is 1. The van der Waals surface area contributed by atoms with Crippen molar-refractivity contribution in [3.63, 3.8) is 0 Å². The Labute approximate surface area is 162 Å². The smallest absolute Gasteiger partial charge is 0.289 e. The first kappa shape index (κ1) is 18.7. The van der Waals surface area contributed by atoms with Crippen LogP contribution in [0.4, 0.5) is 0 Å². The quantitative estimate of drug-likeness (QED) is 0.495. The fourth-order valence-electron chi connectivity index (χ4n) is 2.55. The van der Waals surface area contributed by atoms with Crippen molar-refractivity contribution in [2.75, 3.05) is 6.61 Å². The Morgan fingerprint density at radius 3 is 2.59 bits per heavy atom. The molecule has 7 heteroatoms. The normalized spacial score (nSPS) is 10.9. The zero-order valence-corrected chi connectivity index (χ0v) is 15.7. The Morgan fingerprint density at radius 1 is 1.22 bits per heavy atom. The van der Waals surface area contributed by atoms with Gasteiger partial charge in [-0.25, -0.2) is 5.43 Å². The maximum atomic E-state index is 12.4. The van der Waals surface area contributed by atoms with Gasteiger partial charge in [0.05, 0.1) is 18.5 Å². The van der Waals surface area contributed by atoms with Gasteiger partial charge in [-0.05, 0) is 55.8 Å². The van der Waals surface area contributed by atoms with Gasteiger partial charge in [0.2, 0.25) is 0 Å². The fraction of sp³-hybridized carbons (Fsp3) is 0.150. The van der Waals surface area contributed by atoms with E-state index in [0.29, 0.717) is 23.0 Å². The van der Waals surface area contributed by atoms with Gasteiger partial charge >= 0.3 is 0 Å². The van der Waals surface area contributed by atoms with Gasteiger partial charge in [0, 0.05) is 16.1 Å². The topological polar surface area (TPSA) is 79.4 Å². The molecule has 2 aromatic carbocycles. The summed E-state index contributed by atoms with van der Waals surface area (Å²) in [6.45, 7) is 4.39. The molecule has 0 aliphatic carbocycles. The fourth-order valence-corrected chi connectivity index (χ4v) is 2.67. The van der Waals surface area contributed by atoms with Crippen molar-refractivity contribution in [2.24, 2.45) is 5.10 Å². The Balaban J connectivity index is 1.70. The Hall–Kier alpha value is -3.12. The molecule has 0 aliphatic heterocycles. The molecule has 1 heterocycles. The van der Waals surface area contributed by atoms with Crippen LogP contribution in [0.5, 0.6) is 5.75 Å². The third-order valence-electron chi connectivity index (χ3n) is 3.93. The van der Waals surface area contributed by atoms with E-state index in [0.717, 1.165) is 22.4 Å². The third kappa shape index (κ3) is 4.54. The van der Waals surface area contributed by atoms with Crippen molar-refractivity contribution in [1.82, 2.24) is 15.6 Å². The molecule has 6 nitrogen and oxygen atoms in total. The van der Waals surface area contributed by atoms with Crippen LogP contribution in [-0.4, -0.2) is 28.9 Å². The summed E-state index contributed by atoms with van der Waals surface area (Å²) >= 11 is 5.84. The summed E-state index contributed by atoms with van der Waals surface area (Å²) in [6.07, 6.45) is 1.55. The molecule has 0 aliphatic rings. The second kappa shape index (κ2) is 8.51. The van der Waals surface area contributed by atoms with E-state index in [4.69, 9.17) is 16.3 Å². The summed E-state index contributed by atoms with van der Waals surface area (Å²) < 4.78 is 5.44. The zero-order chi connectivity index (χ0) is 19.2. The lowest BCUT2D eigenvalue weighted by atomic mass is 10.1. The van der Waals surface area contributed by atoms with Crippen molar-refractivity contribution in [2.45, 2.75) is 13.8 Å². The van der Waals surface area contributed by atoms with E-state index in [1.165, 1.54) is 0 Å². The van der Waals surface area contributed by atoms with Crippen LogP contribution in [0.3, 0.4) is 0 Å². The van der Waals surface area contributed by atoms with Gasteiger partial charge in [-0.15, -0.1) is 0 Å². The van der Waals surface area contributed by atoms with Crippen molar-refractivity contribution in [3.8, 4) is 17.0 Å². The lowest BCUT2D eigenvalue weighted by Crippen LogP contribution is -2.19. The summed E-state index contributed by atoms with van der Waals surface area (Å²) in [4.78, 5) is 12.4. The SMILES string of the molecule is CCOc1ccc(-c2n[nH]c(C(=O)NN=Cc3ccc(Cl)cc3)c2C)cc1. The second-order valence-corrected chi connectivity index (χ2v) is 6.22. The number of hydrogen-bond donors (Lipinski definition) is 2. The first-order chi connectivity index (χ1) is 13.1. The van der Waals surface area contributed by atoms with Crippen molar-refractivity contribution in [3.05, 3.63) is 70.4 Å². The highest BCUT2D eigenvalue weighted by atomic mass is 35.5. The standard InChI is InChI=1S/C20H19ClN4O2/c1-3-27-17-10-6-15(7-11-17)18-13(2)19(24-23-18)20(26)25-22-12-14-4-8-16(21)9-5-14/h4-12H,3H2,1-2H3,(H,23,24)(H,25,26). The van der Waals surface area contributed by atoms with E-state index in [9.17, 15) is 4.79 Å². The number of carbonyl (C=O) groups excluding carboxylic acids is 1. The molecule has 0 spiro atoms. The number of rotatable bonds is 6. The molecule has 0 bridgehead atoms. The van der Waals surface area contributed by atoms with Crippen LogP contribution in [0.25, 0.3) is 11.3 Å². The average molecular weight is 383 g/mol. The highest BCUT2D eigenvalue weighted by Gasteiger charge is 2.16. The lowest BCUT2D eigenvalue weighted by Gasteiger charge is -2.04. The third-order valence-corrected chi connectivity index (χ3v) is 4.18. The van der Waals surface area contributed by atoms with Crippen molar-refractivity contribution < 1.29 is 9.53 Å². The van der Waals surface area contributed by atoms with Gasteiger partial charge in [-0.2, -0.15) is 10.2 Å². The monoisotopic (exact) mass is 382 g/mol. The van der Waals surface area contributed by atoms with Crippen LogP contribution in [-0.2, 0) is 0 Å². The highest BCUT2D eigenvalue weighted by molar-refractivity contribution is 6.30. The summed E-state index contributed by atoms with van der Waals surface area (Å²) in [5.74, 6) is 0.436. The van der Waals surface area contributed by atoms with Crippen LogP contribution in [0.15, 0.2) is 53.6 Å².